The molecule has 0 unspecified atom stereocenters. The number of rotatable bonds is 10. The summed E-state index contributed by atoms with van der Waals surface area (Å²) in [5.74, 6) is 1.16. The topological polar surface area (TPSA) is 81.7 Å². The Morgan fingerprint density at radius 1 is 0.926 bits per heavy atom. The van der Waals surface area contributed by atoms with Crippen molar-refractivity contribution in [3.8, 4) is 11.5 Å². The smallest absolute Gasteiger partial charge is 0.344 e. The predicted molar refractivity (Wildman–Crippen MR) is 95.6 cm³/mol. The molecular formula is C19H28O8. The molecule has 0 radical (unpaired) electrons. The normalized spacial score (nSPS) is 24.8. The first kappa shape index (κ1) is 21.4. The zero-order valence-corrected chi connectivity index (χ0v) is 16.4. The van der Waals surface area contributed by atoms with Gasteiger partial charge in [0, 0.05) is 21.3 Å². The minimum atomic E-state index is -0.777. The van der Waals surface area contributed by atoms with Gasteiger partial charge in [-0.2, -0.15) is 0 Å². The molecule has 8 heteroatoms. The molecule has 1 fully saturated rings. The first-order valence-electron chi connectivity index (χ1n) is 8.77. The summed E-state index contributed by atoms with van der Waals surface area (Å²) in [6, 6.07) is 7.05. The van der Waals surface area contributed by atoms with Crippen molar-refractivity contribution in [1.82, 2.24) is 0 Å². The van der Waals surface area contributed by atoms with E-state index < -0.39 is 30.8 Å². The largest absolute Gasteiger partial charge is 0.493 e. The highest BCUT2D eigenvalue weighted by Crippen LogP contribution is 2.27. The molecule has 1 heterocycles. The van der Waals surface area contributed by atoms with Crippen LogP contribution < -0.4 is 9.47 Å². The molecule has 27 heavy (non-hydrogen) atoms. The lowest BCUT2D eigenvalue weighted by molar-refractivity contribution is -0.209. The highest BCUT2D eigenvalue weighted by molar-refractivity contribution is 5.71. The quantitative estimate of drug-likeness (QED) is 0.567. The van der Waals surface area contributed by atoms with Gasteiger partial charge in [-0.15, -0.1) is 0 Å². The third-order valence-corrected chi connectivity index (χ3v) is 3.90. The Morgan fingerprint density at radius 2 is 1.48 bits per heavy atom. The van der Waals surface area contributed by atoms with Gasteiger partial charge in [-0.1, -0.05) is 13.8 Å². The second-order valence-electron chi connectivity index (χ2n) is 6.46. The van der Waals surface area contributed by atoms with Crippen LogP contribution in [0.3, 0.4) is 0 Å². The lowest BCUT2D eigenvalue weighted by Gasteiger charge is -2.21. The number of hydrogen-bond donors (Lipinski definition) is 0. The summed E-state index contributed by atoms with van der Waals surface area (Å²) in [5.41, 5.74) is 0. The third kappa shape index (κ3) is 6.07. The van der Waals surface area contributed by atoms with Crippen LogP contribution in [-0.2, 0) is 28.5 Å². The van der Waals surface area contributed by atoms with E-state index in [9.17, 15) is 4.79 Å². The number of ether oxygens (including phenoxy) is 7. The van der Waals surface area contributed by atoms with Crippen molar-refractivity contribution >= 4 is 5.97 Å². The van der Waals surface area contributed by atoms with Crippen LogP contribution in [0.1, 0.15) is 13.8 Å². The molecular weight excluding hydrogens is 356 g/mol. The highest BCUT2D eigenvalue weighted by Gasteiger charge is 2.48. The lowest BCUT2D eigenvalue weighted by Crippen LogP contribution is -2.40. The van der Waals surface area contributed by atoms with E-state index in [1.807, 2.05) is 0 Å². The second-order valence-corrected chi connectivity index (χ2v) is 6.46. The van der Waals surface area contributed by atoms with Crippen LogP contribution in [0.15, 0.2) is 24.3 Å². The molecule has 1 aliphatic rings. The number of methoxy groups -OCH3 is 3. The maximum Gasteiger partial charge on any atom is 0.344 e. The summed E-state index contributed by atoms with van der Waals surface area (Å²) in [4.78, 5) is 12.2. The van der Waals surface area contributed by atoms with E-state index in [1.54, 1.807) is 24.3 Å². The summed E-state index contributed by atoms with van der Waals surface area (Å²) in [5, 5.41) is 0. The van der Waals surface area contributed by atoms with E-state index in [-0.39, 0.29) is 6.61 Å². The molecule has 1 aliphatic heterocycles. The molecule has 0 aromatic heterocycles. The third-order valence-electron chi connectivity index (χ3n) is 3.90. The standard InChI is InChI=1S/C19H28O8/c1-12(2)10-24-13-6-8-14(9-7-13)25-11-15(20)26-17-16(21-3)18(22-4)27-19(17)23-5/h6-9,12,16-19H,10-11H2,1-5H3/t16-,17+,18-,19+/m1/s1. The van der Waals surface area contributed by atoms with E-state index in [4.69, 9.17) is 33.2 Å². The van der Waals surface area contributed by atoms with Crippen LogP contribution >= 0.6 is 0 Å². The van der Waals surface area contributed by atoms with Crippen LogP contribution in [0.5, 0.6) is 11.5 Å². The predicted octanol–water partition coefficient (Wildman–Crippen LogP) is 2.00. The molecule has 0 spiro atoms. The van der Waals surface area contributed by atoms with E-state index in [0.29, 0.717) is 18.3 Å². The maximum atomic E-state index is 12.2. The van der Waals surface area contributed by atoms with Gasteiger partial charge in [0.05, 0.1) is 6.61 Å². The van der Waals surface area contributed by atoms with E-state index in [0.717, 1.165) is 5.75 Å². The van der Waals surface area contributed by atoms with Crippen molar-refractivity contribution in [2.45, 2.75) is 38.6 Å². The Labute approximate surface area is 159 Å². The fraction of sp³-hybridized carbons (Fsp3) is 0.632. The average molecular weight is 384 g/mol. The zero-order valence-electron chi connectivity index (χ0n) is 16.4. The van der Waals surface area contributed by atoms with E-state index in [2.05, 4.69) is 13.8 Å². The fourth-order valence-corrected chi connectivity index (χ4v) is 2.57. The Kier molecular flexibility index (Phi) is 8.30. The van der Waals surface area contributed by atoms with Crippen molar-refractivity contribution in [1.29, 1.82) is 0 Å². The number of benzene rings is 1. The summed E-state index contributed by atoms with van der Waals surface area (Å²) in [6.45, 7) is 4.54. The second kappa shape index (κ2) is 10.5. The Hall–Kier alpha value is -1.87. The molecule has 152 valence electrons. The number of carbonyl (C=O) groups is 1. The summed E-state index contributed by atoms with van der Waals surface area (Å²) < 4.78 is 37.7. The zero-order chi connectivity index (χ0) is 19.8. The van der Waals surface area contributed by atoms with Gasteiger partial charge in [-0.3, -0.25) is 0 Å². The summed E-state index contributed by atoms with van der Waals surface area (Å²) >= 11 is 0. The van der Waals surface area contributed by atoms with Crippen LogP contribution in [0.2, 0.25) is 0 Å². The minimum Gasteiger partial charge on any atom is -0.493 e. The van der Waals surface area contributed by atoms with Gasteiger partial charge >= 0.3 is 5.97 Å². The van der Waals surface area contributed by atoms with Gasteiger partial charge in [0.25, 0.3) is 0 Å². The number of hydrogen-bond acceptors (Lipinski definition) is 8. The lowest BCUT2D eigenvalue weighted by atomic mass is 10.2. The van der Waals surface area contributed by atoms with E-state index >= 15 is 0 Å². The summed E-state index contributed by atoms with van der Waals surface area (Å²) in [7, 11) is 4.42. The number of esters is 1. The van der Waals surface area contributed by atoms with Gasteiger partial charge in [-0.25, -0.2) is 4.79 Å². The van der Waals surface area contributed by atoms with Crippen molar-refractivity contribution in [2.24, 2.45) is 5.92 Å². The van der Waals surface area contributed by atoms with Gasteiger partial charge in [-0.05, 0) is 30.2 Å². The Bertz CT molecular complexity index is 574. The molecule has 4 atom stereocenters. The van der Waals surface area contributed by atoms with Crippen LogP contribution in [0.4, 0.5) is 0 Å². The monoisotopic (exact) mass is 384 g/mol. The van der Waals surface area contributed by atoms with Crippen molar-refractivity contribution in [2.75, 3.05) is 34.5 Å². The SMILES string of the molecule is CO[C@H]1O[C@@H](OC)[C@H](OC)[C@@H]1OC(=O)COc1ccc(OCC(C)C)cc1. The average Bonchev–Trinajstić information content (AvgIpc) is 3.01. The molecule has 0 N–H and O–H groups in total. The van der Waals surface area contributed by atoms with Crippen LogP contribution in [-0.4, -0.2) is 65.3 Å². The van der Waals surface area contributed by atoms with Gasteiger partial charge in [0.2, 0.25) is 0 Å². The molecule has 8 nitrogen and oxygen atoms in total. The molecule has 0 saturated carbocycles. The molecule has 0 amide bonds. The summed E-state index contributed by atoms with van der Waals surface area (Å²) in [6.07, 6.45) is -2.81. The van der Waals surface area contributed by atoms with E-state index in [1.165, 1.54) is 21.3 Å². The molecule has 1 saturated heterocycles. The maximum absolute atomic E-state index is 12.2. The fourth-order valence-electron chi connectivity index (χ4n) is 2.57. The number of carbonyl (C=O) groups excluding carboxylic acids is 1. The van der Waals surface area contributed by atoms with Crippen molar-refractivity contribution in [3.63, 3.8) is 0 Å². The van der Waals surface area contributed by atoms with Gasteiger partial charge in [0.1, 0.15) is 17.6 Å². The molecule has 0 aliphatic carbocycles. The minimum absolute atomic E-state index is 0.257. The molecule has 2 rings (SSSR count). The molecule has 0 bridgehead atoms. The first-order chi connectivity index (χ1) is 13.0. The van der Waals surface area contributed by atoms with Gasteiger partial charge < -0.3 is 33.2 Å². The Balaban J connectivity index is 1.84. The highest BCUT2D eigenvalue weighted by atomic mass is 16.8. The van der Waals surface area contributed by atoms with Crippen LogP contribution in [0, 0.1) is 5.92 Å². The molecule has 1 aromatic rings. The Morgan fingerprint density at radius 3 is 2.00 bits per heavy atom. The molecule has 1 aromatic carbocycles. The van der Waals surface area contributed by atoms with Gasteiger partial charge in [0.15, 0.2) is 25.3 Å². The van der Waals surface area contributed by atoms with Crippen molar-refractivity contribution < 1.29 is 38.0 Å². The van der Waals surface area contributed by atoms with Crippen LogP contribution in [0.25, 0.3) is 0 Å². The first-order valence-corrected chi connectivity index (χ1v) is 8.77. The van der Waals surface area contributed by atoms with Crippen molar-refractivity contribution in [3.05, 3.63) is 24.3 Å².